The summed E-state index contributed by atoms with van der Waals surface area (Å²) in [7, 11) is 0. The number of fused-ring (bicyclic) bond motifs is 4. The molecule has 0 unspecified atom stereocenters. The molecule has 3 heterocycles. The summed E-state index contributed by atoms with van der Waals surface area (Å²) in [6, 6.07) is 5.02. The first-order chi connectivity index (χ1) is 10.5. The Morgan fingerprint density at radius 3 is 2.86 bits per heavy atom. The minimum Gasteiger partial charge on any atom is -0.550 e. The van der Waals surface area contributed by atoms with Gasteiger partial charge in [-0.05, 0) is 18.4 Å². The highest BCUT2D eigenvalue weighted by Gasteiger charge is 2.36. The Hall–Kier alpha value is -2.31. The molecule has 0 saturated carbocycles. The standard InChI is InChI=1S/C15H19N3O4/c19-13-3-1-2-12-11-6-10(8-18(12)13)7-17(9-11)15(22)16-5-4-14(20)21/h1-3,10-11H,4-9H2,(H,16,22)(H,20,21)/p-1/t10-,11+/m1/s1. The second kappa shape index (κ2) is 5.82. The lowest BCUT2D eigenvalue weighted by Crippen LogP contribution is -2.52. The number of hydrogen-bond acceptors (Lipinski definition) is 4. The van der Waals surface area contributed by atoms with Gasteiger partial charge in [-0.25, -0.2) is 4.79 Å². The van der Waals surface area contributed by atoms with Crippen LogP contribution in [-0.2, 0) is 11.3 Å². The predicted octanol–water partition coefficient (Wildman–Crippen LogP) is -0.883. The molecule has 118 valence electrons. The zero-order valence-corrected chi connectivity index (χ0v) is 12.2. The first-order valence-electron chi connectivity index (χ1n) is 7.47. The molecule has 1 saturated heterocycles. The highest BCUT2D eigenvalue weighted by Crippen LogP contribution is 2.34. The Kier molecular flexibility index (Phi) is 3.87. The van der Waals surface area contributed by atoms with E-state index in [4.69, 9.17) is 0 Å². The maximum Gasteiger partial charge on any atom is 0.317 e. The van der Waals surface area contributed by atoms with Crippen molar-refractivity contribution in [3.63, 3.8) is 0 Å². The molecule has 0 spiro atoms. The van der Waals surface area contributed by atoms with Crippen molar-refractivity contribution in [3.05, 3.63) is 34.2 Å². The number of piperidine rings is 1. The third-order valence-corrected chi connectivity index (χ3v) is 4.37. The minimum atomic E-state index is -1.18. The molecular formula is C15H18N3O4-. The average Bonchev–Trinajstić information content (AvgIpc) is 2.48. The fraction of sp³-hybridized carbons (Fsp3) is 0.533. The highest BCUT2D eigenvalue weighted by atomic mass is 16.4. The summed E-state index contributed by atoms with van der Waals surface area (Å²) in [4.78, 5) is 36.1. The van der Waals surface area contributed by atoms with E-state index in [1.807, 2.05) is 10.6 Å². The zero-order chi connectivity index (χ0) is 15.7. The smallest absolute Gasteiger partial charge is 0.317 e. The normalized spacial score (nSPS) is 22.8. The summed E-state index contributed by atoms with van der Waals surface area (Å²) in [5.41, 5.74) is 0.995. The number of hydrogen-bond donors (Lipinski definition) is 1. The molecule has 2 aliphatic rings. The quantitative estimate of drug-likeness (QED) is 0.784. The third-order valence-electron chi connectivity index (χ3n) is 4.37. The summed E-state index contributed by atoms with van der Waals surface area (Å²) in [5.74, 6) is -0.754. The molecule has 1 N–H and O–H groups in total. The number of likely N-dealkylation sites (tertiary alicyclic amines) is 1. The molecule has 1 aromatic rings. The molecule has 2 amide bonds. The maximum absolute atomic E-state index is 12.1. The van der Waals surface area contributed by atoms with Crippen molar-refractivity contribution in [1.82, 2.24) is 14.8 Å². The molecule has 0 aliphatic carbocycles. The second-order valence-electron chi connectivity index (χ2n) is 5.96. The van der Waals surface area contributed by atoms with Crippen LogP contribution in [0.15, 0.2) is 23.0 Å². The van der Waals surface area contributed by atoms with Crippen LogP contribution in [0.5, 0.6) is 0 Å². The lowest BCUT2D eigenvalue weighted by molar-refractivity contribution is -0.305. The van der Waals surface area contributed by atoms with Gasteiger partial charge in [-0.2, -0.15) is 0 Å². The number of nitrogens with zero attached hydrogens (tertiary/aromatic N) is 2. The predicted molar refractivity (Wildman–Crippen MR) is 76.1 cm³/mol. The van der Waals surface area contributed by atoms with Gasteiger partial charge < -0.3 is 24.7 Å². The van der Waals surface area contributed by atoms with Crippen molar-refractivity contribution in [1.29, 1.82) is 0 Å². The van der Waals surface area contributed by atoms with Crippen molar-refractivity contribution >= 4 is 12.0 Å². The summed E-state index contributed by atoms with van der Waals surface area (Å²) < 4.78 is 1.81. The van der Waals surface area contributed by atoms with Gasteiger partial charge in [-0.1, -0.05) is 6.07 Å². The number of carbonyl (C=O) groups is 2. The van der Waals surface area contributed by atoms with Crippen molar-refractivity contribution in [2.75, 3.05) is 19.6 Å². The van der Waals surface area contributed by atoms with E-state index in [9.17, 15) is 19.5 Å². The molecule has 2 aliphatic heterocycles. The van der Waals surface area contributed by atoms with Gasteiger partial charge >= 0.3 is 6.03 Å². The van der Waals surface area contributed by atoms with Crippen molar-refractivity contribution in [2.24, 2.45) is 5.92 Å². The Morgan fingerprint density at radius 2 is 2.09 bits per heavy atom. The van der Waals surface area contributed by atoms with E-state index in [0.717, 1.165) is 12.1 Å². The van der Waals surface area contributed by atoms with Crippen LogP contribution < -0.4 is 16.0 Å². The molecule has 7 nitrogen and oxygen atoms in total. The Labute approximate surface area is 127 Å². The molecule has 2 bridgehead atoms. The monoisotopic (exact) mass is 304 g/mol. The van der Waals surface area contributed by atoms with Gasteiger partial charge in [0, 0.05) is 56.2 Å². The fourth-order valence-corrected chi connectivity index (χ4v) is 3.45. The maximum atomic E-state index is 12.1. The summed E-state index contributed by atoms with van der Waals surface area (Å²) in [5, 5.41) is 13.0. The molecule has 0 radical (unpaired) electrons. The number of amides is 2. The van der Waals surface area contributed by atoms with Crippen molar-refractivity contribution in [3.8, 4) is 0 Å². The van der Waals surface area contributed by atoms with Crippen molar-refractivity contribution < 1.29 is 14.7 Å². The van der Waals surface area contributed by atoms with Gasteiger partial charge in [-0.15, -0.1) is 0 Å². The largest absolute Gasteiger partial charge is 0.550 e. The van der Waals surface area contributed by atoms with Gasteiger partial charge in [0.05, 0.1) is 0 Å². The van der Waals surface area contributed by atoms with E-state index in [2.05, 4.69) is 5.32 Å². The second-order valence-corrected chi connectivity index (χ2v) is 5.96. The van der Waals surface area contributed by atoms with E-state index < -0.39 is 5.97 Å². The number of urea groups is 1. The van der Waals surface area contributed by atoms with Crippen LogP contribution in [-0.4, -0.2) is 41.1 Å². The number of nitrogens with one attached hydrogen (secondary N) is 1. The first-order valence-corrected chi connectivity index (χ1v) is 7.47. The van der Waals surface area contributed by atoms with Crippen LogP contribution in [0.1, 0.15) is 24.5 Å². The van der Waals surface area contributed by atoms with E-state index in [1.165, 1.54) is 0 Å². The summed E-state index contributed by atoms with van der Waals surface area (Å²) in [6.07, 6.45) is 0.789. The minimum absolute atomic E-state index is 0.0130. The number of carboxylic acids is 1. The van der Waals surface area contributed by atoms with E-state index in [0.29, 0.717) is 19.6 Å². The number of pyridine rings is 1. The number of aromatic nitrogens is 1. The number of rotatable bonds is 3. The molecule has 1 fully saturated rings. The van der Waals surface area contributed by atoms with E-state index in [1.54, 1.807) is 17.0 Å². The SMILES string of the molecule is O=C([O-])CCNC(=O)N1C[C@H]2C[C@@H](C1)c1cccc(=O)n1C2. The Morgan fingerprint density at radius 1 is 1.27 bits per heavy atom. The zero-order valence-electron chi connectivity index (χ0n) is 12.2. The van der Waals surface area contributed by atoms with Crippen LogP contribution in [0.2, 0.25) is 0 Å². The van der Waals surface area contributed by atoms with E-state index in [-0.39, 0.29) is 36.4 Å². The van der Waals surface area contributed by atoms with E-state index >= 15 is 0 Å². The third kappa shape index (κ3) is 2.84. The van der Waals surface area contributed by atoms with Crippen LogP contribution >= 0.6 is 0 Å². The van der Waals surface area contributed by atoms with Crippen molar-refractivity contribution in [2.45, 2.75) is 25.3 Å². The van der Waals surface area contributed by atoms with Crippen LogP contribution in [0, 0.1) is 5.92 Å². The number of aliphatic carboxylic acids is 1. The molecule has 1 aromatic heterocycles. The lowest BCUT2D eigenvalue weighted by atomic mass is 9.83. The number of carboxylic acid groups (broad SMARTS) is 1. The average molecular weight is 304 g/mol. The Balaban J connectivity index is 1.69. The highest BCUT2D eigenvalue weighted by molar-refractivity contribution is 5.75. The lowest BCUT2D eigenvalue weighted by Gasteiger charge is -2.42. The van der Waals surface area contributed by atoms with Gasteiger partial charge in [0.1, 0.15) is 0 Å². The first kappa shape index (κ1) is 14.6. The molecular weight excluding hydrogens is 286 g/mol. The summed E-state index contributed by atoms with van der Waals surface area (Å²) in [6.45, 7) is 1.85. The van der Waals surface area contributed by atoms with Gasteiger partial charge in [0.25, 0.3) is 5.56 Å². The summed E-state index contributed by atoms with van der Waals surface area (Å²) >= 11 is 0. The molecule has 7 heteroatoms. The number of carbonyl (C=O) groups excluding carboxylic acids is 2. The molecule has 3 rings (SSSR count). The fourth-order valence-electron chi connectivity index (χ4n) is 3.45. The topological polar surface area (TPSA) is 94.5 Å². The van der Waals surface area contributed by atoms with Gasteiger partial charge in [0.15, 0.2) is 0 Å². The van der Waals surface area contributed by atoms with Crippen LogP contribution in [0.25, 0.3) is 0 Å². The van der Waals surface area contributed by atoms with Crippen LogP contribution in [0.3, 0.4) is 0 Å². The Bertz CT molecular complexity index is 654. The molecule has 2 atom stereocenters. The van der Waals surface area contributed by atoms with Gasteiger partial charge in [0.2, 0.25) is 0 Å². The molecule has 0 aromatic carbocycles. The molecule has 22 heavy (non-hydrogen) atoms. The van der Waals surface area contributed by atoms with Gasteiger partial charge in [-0.3, -0.25) is 4.79 Å². The van der Waals surface area contributed by atoms with Crippen LogP contribution in [0.4, 0.5) is 4.79 Å².